The van der Waals surface area contributed by atoms with Crippen LogP contribution in [-0.2, 0) is 11.2 Å². The smallest absolute Gasteiger partial charge is 0.260 e. The normalized spacial score (nSPS) is 11.5. The van der Waals surface area contributed by atoms with Gasteiger partial charge in [0.15, 0.2) is 6.10 Å². The van der Waals surface area contributed by atoms with E-state index in [0.29, 0.717) is 18.0 Å². The number of methoxy groups -OCH3 is 2. The summed E-state index contributed by atoms with van der Waals surface area (Å²) in [7, 11) is 3.25. The van der Waals surface area contributed by atoms with Gasteiger partial charge in [0.2, 0.25) is 0 Å². The minimum absolute atomic E-state index is 0.131. The number of hydrogen-bond acceptors (Lipinski definition) is 4. The highest BCUT2D eigenvalue weighted by Gasteiger charge is 2.14. The third-order valence-corrected chi connectivity index (χ3v) is 3.80. The zero-order valence-electron chi connectivity index (χ0n) is 15.0. The fourth-order valence-electron chi connectivity index (χ4n) is 2.41. The molecule has 1 amide bonds. The van der Waals surface area contributed by atoms with Crippen molar-refractivity contribution in [2.75, 3.05) is 20.8 Å². The van der Waals surface area contributed by atoms with Crippen LogP contribution in [0.15, 0.2) is 48.5 Å². The third kappa shape index (κ3) is 6.03. The lowest BCUT2D eigenvalue weighted by molar-refractivity contribution is -0.127. The fourth-order valence-corrected chi connectivity index (χ4v) is 2.41. The molecule has 0 fully saturated rings. The Hall–Kier alpha value is -2.69. The van der Waals surface area contributed by atoms with Gasteiger partial charge in [-0.05, 0) is 49.6 Å². The molecular weight excluding hydrogens is 318 g/mol. The van der Waals surface area contributed by atoms with Gasteiger partial charge in [0, 0.05) is 12.6 Å². The summed E-state index contributed by atoms with van der Waals surface area (Å²) < 4.78 is 16.0. The summed E-state index contributed by atoms with van der Waals surface area (Å²) in [6, 6.07) is 15.2. The number of hydrogen-bond donors (Lipinski definition) is 1. The van der Waals surface area contributed by atoms with E-state index in [1.807, 2.05) is 30.3 Å². The predicted octanol–water partition coefficient (Wildman–Crippen LogP) is 3.22. The molecule has 2 aromatic rings. The first-order valence-electron chi connectivity index (χ1n) is 8.33. The molecule has 0 bridgehead atoms. The number of ether oxygens (including phenoxy) is 3. The highest BCUT2D eigenvalue weighted by molar-refractivity contribution is 5.80. The molecule has 0 aromatic heterocycles. The SMILES string of the molecule is COc1cccc(CCCNC(=O)[C@H](C)Oc2cccc(OC)c2)c1. The molecule has 0 saturated heterocycles. The van der Waals surface area contributed by atoms with Crippen LogP contribution in [0.2, 0.25) is 0 Å². The van der Waals surface area contributed by atoms with Crippen LogP contribution in [-0.4, -0.2) is 32.8 Å². The zero-order valence-corrected chi connectivity index (χ0v) is 15.0. The topological polar surface area (TPSA) is 56.8 Å². The van der Waals surface area contributed by atoms with E-state index >= 15 is 0 Å². The summed E-state index contributed by atoms with van der Waals surface area (Å²) in [5, 5.41) is 2.90. The van der Waals surface area contributed by atoms with Crippen LogP contribution in [0.5, 0.6) is 17.2 Å². The first-order chi connectivity index (χ1) is 12.1. The van der Waals surface area contributed by atoms with Crippen molar-refractivity contribution in [2.24, 2.45) is 0 Å². The summed E-state index contributed by atoms with van der Waals surface area (Å²) in [5.41, 5.74) is 1.19. The van der Waals surface area contributed by atoms with Gasteiger partial charge >= 0.3 is 0 Å². The third-order valence-electron chi connectivity index (χ3n) is 3.80. The maximum atomic E-state index is 12.1. The summed E-state index contributed by atoms with van der Waals surface area (Å²) in [6.07, 6.45) is 1.16. The van der Waals surface area contributed by atoms with Crippen molar-refractivity contribution in [2.45, 2.75) is 25.9 Å². The number of carbonyl (C=O) groups is 1. The average molecular weight is 343 g/mol. The van der Waals surface area contributed by atoms with Crippen molar-refractivity contribution in [3.8, 4) is 17.2 Å². The lowest BCUT2D eigenvalue weighted by Crippen LogP contribution is -2.36. The Morgan fingerprint density at radius 1 is 1.00 bits per heavy atom. The van der Waals surface area contributed by atoms with Crippen LogP contribution in [0, 0.1) is 0 Å². The lowest BCUT2D eigenvalue weighted by atomic mass is 10.1. The van der Waals surface area contributed by atoms with E-state index in [0.717, 1.165) is 18.6 Å². The molecule has 0 unspecified atom stereocenters. The molecule has 0 radical (unpaired) electrons. The van der Waals surface area contributed by atoms with E-state index in [1.165, 1.54) is 5.56 Å². The Kier molecular flexibility index (Phi) is 7.14. The van der Waals surface area contributed by atoms with Crippen molar-refractivity contribution in [1.29, 1.82) is 0 Å². The van der Waals surface area contributed by atoms with E-state index in [2.05, 4.69) is 11.4 Å². The molecule has 1 N–H and O–H groups in total. The quantitative estimate of drug-likeness (QED) is 0.710. The molecule has 0 spiro atoms. The molecule has 134 valence electrons. The molecule has 2 aromatic carbocycles. The maximum Gasteiger partial charge on any atom is 0.260 e. The van der Waals surface area contributed by atoms with Crippen molar-refractivity contribution in [1.82, 2.24) is 5.32 Å². The predicted molar refractivity (Wildman–Crippen MR) is 97.4 cm³/mol. The molecule has 0 heterocycles. The highest BCUT2D eigenvalue weighted by Crippen LogP contribution is 2.20. The van der Waals surface area contributed by atoms with Crippen LogP contribution in [0.4, 0.5) is 0 Å². The van der Waals surface area contributed by atoms with E-state index in [4.69, 9.17) is 14.2 Å². The number of aryl methyl sites for hydroxylation is 1. The zero-order chi connectivity index (χ0) is 18.1. The lowest BCUT2D eigenvalue weighted by Gasteiger charge is -2.15. The number of benzene rings is 2. The molecule has 2 rings (SSSR count). The Morgan fingerprint density at radius 3 is 2.36 bits per heavy atom. The van der Waals surface area contributed by atoms with Gasteiger partial charge in [0.1, 0.15) is 17.2 Å². The Balaban J connectivity index is 1.73. The molecule has 0 aliphatic rings. The minimum Gasteiger partial charge on any atom is -0.497 e. The van der Waals surface area contributed by atoms with Gasteiger partial charge in [0.05, 0.1) is 14.2 Å². The van der Waals surface area contributed by atoms with Crippen LogP contribution in [0.3, 0.4) is 0 Å². The van der Waals surface area contributed by atoms with Crippen molar-refractivity contribution in [3.05, 3.63) is 54.1 Å². The van der Waals surface area contributed by atoms with E-state index in [9.17, 15) is 4.79 Å². The van der Waals surface area contributed by atoms with E-state index in [1.54, 1.807) is 33.3 Å². The van der Waals surface area contributed by atoms with Gasteiger partial charge in [-0.3, -0.25) is 4.79 Å². The Morgan fingerprint density at radius 2 is 1.64 bits per heavy atom. The van der Waals surface area contributed by atoms with Crippen LogP contribution in [0.1, 0.15) is 18.9 Å². The maximum absolute atomic E-state index is 12.1. The fraction of sp³-hybridized carbons (Fsp3) is 0.350. The van der Waals surface area contributed by atoms with Gasteiger partial charge in [-0.2, -0.15) is 0 Å². The summed E-state index contributed by atoms with van der Waals surface area (Å²) in [6.45, 7) is 2.33. The number of rotatable bonds is 9. The van der Waals surface area contributed by atoms with E-state index in [-0.39, 0.29) is 5.91 Å². The van der Waals surface area contributed by atoms with Gasteiger partial charge in [-0.15, -0.1) is 0 Å². The van der Waals surface area contributed by atoms with Gasteiger partial charge in [-0.1, -0.05) is 18.2 Å². The van der Waals surface area contributed by atoms with Crippen molar-refractivity contribution in [3.63, 3.8) is 0 Å². The molecule has 0 aliphatic carbocycles. The van der Waals surface area contributed by atoms with Crippen LogP contribution < -0.4 is 19.5 Å². The number of amides is 1. The minimum atomic E-state index is -0.566. The Labute approximate surface area is 148 Å². The van der Waals surface area contributed by atoms with E-state index < -0.39 is 6.10 Å². The summed E-state index contributed by atoms with van der Waals surface area (Å²) in [5.74, 6) is 2.03. The second kappa shape index (κ2) is 9.57. The van der Waals surface area contributed by atoms with Crippen LogP contribution >= 0.6 is 0 Å². The molecule has 5 heteroatoms. The molecule has 25 heavy (non-hydrogen) atoms. The highest BCUT2D eigenvalue weighted by atomic mass is 16.5. The van der Waals surface area contributed by atoms with Crippen molar-refractivity contribution < 1.29 is 19.0 Å². The summed E-state index contributed by atoms with van der Waals surface area (Å²) >= 11 is 0. The first-order valence-corrected chi connectivity index (χ1v) is 8.33. The molecule has 0 saturated carbocycles. The summed E-state index contributed by atoms with van der Waals surface area (Å²) in [4.78, 5) is 12.1. The van der Waals surface area contributed by atoms with Gasteiger partial charge < -0.3 is 19.5 Å². The monoisotopic (exact) mass is 343 g/mol. The van der Waals surface area contributed by atoms with Crippen LogP contribution in [0.25, 0.3) is 0 Å². The standard InChI is InChI=1S/C20H25NO4/c1-15(25-19-11-5-10-18(14-19)24-3)20(22)21-12-6-8-16-7-4-9-17(13-16)23-2/h4-5,7,9-11,13-15H,6,8,12H2,1-3H3,(H,21,22)/t15-/m0/s1. The van der Waals surface area contributed by atoms with Gasteiger partial charge in [-0.25, -0.2) is 0 Å². The second-order valence-electron chi connectivity index (χ2n) is 5.69. The second-order valence-corrected chi connectivity index (χ2v) is 5.69. The molecule has 1 atom stereocenters. The molecular formula is C20H25NO4. The Bertz CT molecular complexity index is 687. The largest absolute Gasteiger partial charge is 0.497 e. The van der Waals surface area contributed by atoms with Crippen molar-refractivity contribution >= 4 is 5.91 Å². The average Bonchev–Trinajstić information content (AvgIpc) is 2.65. The number of carbonyl (C=O) groups excluding carboxylic acids is 1. The molecule has 0 aliphatic heterocycles. The van der Waals surface area contributed by atoms with Gasteiger partial charge in [0.25, 0.3) is 5.91 Å². The molecule has 5 nitrogen and oxygen atoms in total. The first kappa shape index (κ1) is 18.6. The number of nitrogens with one attached hydrogen (secondary N) is 1.